The molecule has 2 heterocycles. The molecule has 1 aromatic carbocycles. The van der Waals surface area contributed by atoms with Crippen molar-refractivity contribution in [1.29, 1.82) is 0 Å². The molecule has 7 nitrogen and oxygen atoms in total. The summed E-state index contributed by atoms with van der Waals surface area (Å²) >= 11 is 6.15. The minimum Gasteiger partial charge on any atom is -0.500 e. The van der Waals surface area contributed by atoms with Crippen LogP contribution in [0.5, 0.6) is 5.75 Å². The minimum atomic E-state index is 0.146. The number of nitrogens with two attached hydrogens (primary N) is 1. The van der Waals surface area contributed by atoms with Crippen molar-refractivity contribution in [2.24, 2.45) is 10.9 Å². The molecule has 1 unspecified atom stereocenters. The van der Waals surface area contributed by atoms with Gasteiger partial charge in [-0.1, -0.05) is 30.7 Å². The first-order valence-corrected chi connectivity index (χ1v) is 10.3. The Bertz CT molecular complexity index is 940. The molecular formula is C22H28ClN5O2. The van der Waals surface area contributed by atoms with E-state index >= 15 is 0 Å². The standard InChI is InChI=1S/C22H28ClN5O2/c1-14-12-25-18(15(2)21(14)30-4)13-28(20-11-19(23)26-22(24)27-20)9-8-16-6-5-7-17(10-16)29-3/h5-7,10-11,14H,8-9,12-13H2,1-4H3,(H2,24,26,27). The minimum absolute atomic E-state index is 0.146. The number of hydrogen-bond donors (Lipinski definition) is 1. The number of nitrogens with zero attached hydrogens (tertiary/aromatic N) is 4. The number of hydrogen-bond acceptors (Lipinski definition) is 7. The number of dihydropyridines is 1. The molecule has 30 heavy (non-hydrogen) atoms. The number of benzene rings is 1. The second-order valence-corrected chi connectivity index (χ2v) is 7.70. The van der Waals surface area contributed by atoms with Crippen LogP contribution in [0.15, 0.2) is 46.7 Å². The van der Waals surface area contributed by atoms with Crippen LogP contribution >= 0.6 is 11.6 Å². The van der Waals surface area contributed by atoms with Crippen LogP contribution in [-0.4, -0.2) is 49.5 Å². The van der Waals surface area contributed by atoms with Crippen LogP contribution in [-0.2, 0) is 11.2 Å². The van der Waals surface area contributed by atoms with E-state index in [2.05, 4.69) is 34.8 Å². The van der Waals surface area contributed by atoms with Crippen LogP contribution in [0.2, 0.25) is 5.15 Å². The van der Waals surface area contributed by atoms with Crippen molar-refractivity contribution in [2.75, 3.05) is 44.5 Å². The van der Waals surface area contributed by atoms with Gasteiger partial charge in [-0.2, -0.15) is 4.98 Å². The van der Waals surface area contributed by atoms with Crippen LogP contribution in [0.25, 0.3) is 0 Å². The van der Waals surface area contributed by atoms with Gasteiger partial charge in [0.15, 0.2) is 0 Å². The highest BCUT2D eigenvalue weighted by atomic mass is 35.5. The smallest absolute Gasteiger partial charge is 0.223 e. The maximum atomic E-state index is 6.15. The molecule has 0 radical (unpaired) electrons. The highest BCUT2D eigenvalue weighted by molar-refractivity contribution is 6.29. The van der Waals surface area contributed by atoms with Gasteiger partial charge < -0.3 is 20.1 Å². The van der Waals surface area contributed by atoms with E-state index in [0.717, 1.165) is 34.8 Å². The summed E-state index contributed by atoms with van der Waals surface area (Å²) in [7, 11) is 3.38. The van der Waals surface area contributed by atoms with E-state index < -0.39 is 0 Å². The lowest BCUT2D eigenvalue weighted by atomic mass is 9.98. The molecular weight excluding hydrogens is 402 g/mol. The van der Waals surface area contributed by atoms with E-state index in [-0.39, 0.29) is 11.9 Å². The van der Waals surface area contributed by atoms with E-state index in [1.54, 1.807) is 20.3 Å². The zero-order valence-corrected chi connectivity index (χ0v) is 18.6. The maximum absolute atomic E-state index is 6.15. The van der Waals surface area contributed by atoms with Crippen molar-refractivity contribution >= 4 is 29.1 Å². The summed E-state index contributed by atoms with van der Waals surface area (Å²) in [6.45, 7) is 6.14. The van der Waals surface area contributed by atoms with E-state index in [0.29, 0.717) is 30.6 Å². The molecule has 8 heteroatoms. The van der Waals surface area contributed by atoms with Gasteiger partial charge in [-0.3, -0.25) is 4.99 Å². The summed E-state index contributed by atoms with van der Waals surface area (Å²) in [5.41, 5.74) is 9.06. The molecule has 1 aliphatic rings. The second kappa shape index (κ2) is 9.80. The third-order valence-electron chi connectivity index (χ3n) is 5.19. The normalized spacial score (nSPS) is 16.3. The molecule has 3 rings (SSSR count). The highest BCUT2D eigenvalue weighted by Crippen LogP contribution is 2.25. The van der Waals surface area contributed by atoms with E-state index in [1.807, 2.05) is 18.2 Å². The first kappa shape index (κ1) is 21.9. The molecule has 1 aromatic heterocycles. The number of nitrogen functional groups attached to an aromatic ring is 1. The Morgan fingerprint density at radius 1 is 1.20 bits per heavy atom. The lowest BCUT2D eigenvalue weighted by Crippen LogP contribution is -2.35. The zero-order chi connectivity index (χ0) is 21.7. The summed E-state index contributed by atoms with van der Waals surface area (Å²) in [6, 6.07) is 9.77. The van der Waals surface area contributed by atoms with E-state index in [9.17, 15) is 0 Å². The first-order valence-electron chi connectivity index (χ1n) is 9.87. The number of rotatable bonds is 8. The number of aromatic nitrogens is 2. The van der Waals surface area contributed by atoms with Gasteiger partial charge in [-0.15, -0.1) is 0 Å². The van der Waals surface area contributed by atoms with E-state index in [4.69, 9.17) is 31.8 Å². The molecule has 0 fully saturated rings. The summed E-state index contributed by atoms with van der Waals surface area (Å²) in [4.78, 5) is 15.3. The van der Waals surface area contributed by atoms with Crippen molar-refractivity contribution in [3.8, 4) is 5.75 Å². The zero-order valence-electron chi connectivity index (χ0n) is 17.9. The summed E-state index contributed by atoms with van der Waals surface area (Å²) in [6.07, 6.45) is 0.794. The van der Waals surface area contributed by atoms with Crippen molar-refractivity contribution in [1.82, 2.24) is 9.97 Å². The van der Waals surface area contributed by atoms with Gasteiger partial charge in [-0.25, -0.2) is 4.98 Å². The molecule has 2 aromatic rings. The van der Waals surface area contributed by atoms with Crippen molar-refractivity contribution in [3.63, 3.8) is 0 Å². The Kier molecular flexibility index (Phi) is 7.15. The fourth-order valence-corrected chi connectivity index (χ4v) is 3.80. The third-order valence-corrected chi connectivity index (χ3v) is 5.39. The van der Waals surface area contributed by atoms with Gasteiger partial charge in [-0.05, 0) is 31.0 Å². The van der Waals surface area contributed by atoms with Gasteiger partial charge in [0.25, 0.3) is 0 Å². The average molecular weight is 430 g/mol. The summed E-state index contributed by atoms with van der Waals surface area (Å²) < 4.78 is 11.0. The predicted molar refractivity (Wildman–Crippen MR) is 122 cm³/mol. The van der Waals surface area contributed by atoms with Gasteiger partial charge in [0.05, 0.1) is 26.5 Å². The van der Waals surface area contributed by atoms with Gasteiger partial charge >= 0.3 is 0 Å². The monoisotopic (exact) mass is 429 g/mol. The fraction of sp³-hybridized carbons (Fsp3) is 0.409. The number of anilines is 2. The van der Waals surface area contributed by atoms with Crippen LogP contribution < -0.4 is 15.4 Å². The molecule has 0 aliphatic carbocycles. The Morgan fingerprint density at radius 3 is 2.70 bits per heavy atom. The lowest BCUT2D eigenvalue weighted by Gasteiger charge is -2.28. The Hall–Kier alpha value is -2.80. The SMILES string of the molecule is COC1=C(C)C(CN(CCc2cccc(OC)c2)c2cc(Cl)nc(N)n2)=NCC1C. The second-order valence-electron chi connectivity index (χ2n) is 7.31. The van der Waals surface area contributed by atoms with Crippen LogP contribution in [0.1, 0.15) is 19.4 Å². The molecule has 0 spiro atoms. The predicted octanol–water partition coefficient (Wildman–Crippen LogP) is 3.78. The van der Waals surface area contributed by atoms with Gasteiger partial charge in [0.1, 0.15) is 22.5 Å². The number of methoxy groups -OCH3 is 2. The molecule has 1 aliphatic heterocycles. The molecule has 2 N–H and O–H groups in total. The lowest BCUT2D eigenvalue weighted by molar-refractivity contribution is 0.244. The quantitative estimate of drug-likeness (QED) is 0.642. The van der Waals surface area contributed by atoms with Crippen molar-refractivity contribution in [3.05, 3.63) is 52.4 Å². The number of halogens is 1. The first-order chi connectivity index (χ1) is 14.4. The average Bonchev–Trinajstić information content (AvgIpc) is 2.72. The number of ether oxygens (including phenoxy) is 2. The largest absolute Gasteiger partial charge is 0.500 e. The number of aliphatic imine (C=N–C) groups is 1. The highest BCUT2D eigenvalue weighted by Gasteiger charge is 2.23. The van der Waals surface area contributed by atoms with Crippen molar-refractivity contribution in [2.45, 2.75) is 20.3 Å². The van der Waals surface area contributed by atoms with Crippen LogP contribution in [0.4, 0.5) is 11.8 Å². The Balaban J connectivity index is 1.87. The molecule has 0 bridgehead atoms. The molecule has 0 saturated carbocycles. The molecule has 0 saturated heterocycles. The van der Waals surface area contributed by atoms with E-state index in [1.165, 1.54) is 0 Å². The maximum Gasteiger partial charge on any atom is 0.223 e. The van der Waals surface area contributed by atoms with Crippen molar-refractivity contribution < 1.29 is 9.47 Å². The van der Waals surface area contributed by atoms with Gasteiger partial charge in [0, 0.05) is 30.6 Å². The van der Waals surface area contributed by atoms with Crippen LogP contribution in [0, 0.1) is 5.92 Å². The fourth-order valence-electron chi connectivity index (χ4n) is 3.62. The summed E-state index contributed by atoms with van der Waals surface area (Å²) in [5, 5.41) is 0.313. The Labute approximate surface area is 182 Å². The van der Waals surface area contributed by atoms with Crippen LogP contribution in [0.3, 0.4) is 0 Å². The Morgan fingerprint density at radius 2 is 2.00 bits per heavy atom. The van der Waals surface area contributed by atoms with Gasteiger partial charge in [0.2, 0.25) is 5.95 Å². The topological polar surface area (TPSA) is 85.9 Å². The molecule has 0 amide bonds. The summed E-state index contributed by atoms with van der Waals surface area (Å²) in [5.74, 6) is 2.90. The third kappa shape index (κ3) is 5.21. The molecule has 1 atom stereocenters. The molecule has 160 valence electrons.